The Balaban J connectivity index is 2.87. The number of aldehydes is 1. The summed E-state index contributed by atoms with van der Waals surface area (Å²) in [6.07, 6.45) is 0.800. The van der Waals surface area contributed by atoms with Crippen molar-refractivity contribution in [3.05, 3.63) is 29.8 Å². The third kappa shape index (κ3) is 3.32. The molecule has 4 heteroatoms. The van der Waals surface area contributed by atoms with E-state index in [1.54, 1.807) is 19.1 Å². The van der Waals surface area contributed by atoms with Crippen molar-refractivity contribution >= 4 is 17.9 Å². The second kappa shape index (κ2) is 6.79. The van der Waals surface area contributed by atoms with Crippen LogP contribution in [0.2, 0.25) is 0 Å². The van der Waals surface area contributed by atoms with E-state index in [2.05, 4.69) is 0 Å². The number of carbonyl (C=O) groups excluding carboxylic acids is 2. The number of hydrogen-bond donors (Lipinski definition) is 0. The molecule has 0 saturated heterocycles. The Hall–Kier alpha value is -1.84. The molecule has 0 amide bonds. The van der Waals surface area contributed by atoms with Gasteiger partial charge in [-0.2, -0.15) is 0 Å². The van der Waals surface area contributed by atoms with Crippen molar-refractivity contribution in [2.75, 3.05) is 18.1 Å². The molecule has 98 valence electrons. The molecule has 1 aromatic carbocycles. The topological polar surface area (TPSA) is 46.6 Å². The Morgan fingerprint density at radius 2 is 1.94 bits per heavy atom. The minimum atomic E-state index is -0.336. The minimum absolute atomic E-state index is 0.237. The van der Waals surface area contributed by atoms with Crippen molar-refractivity contribution in [2.45, 2.75) is 26.8 Å². The van der Waals surface area contributed by atoms with E-state index in [1.807, 2.05) is 30.9 Å². The van der Waals surface area contributed by atoms with Crippen molar-refractivity contribution in [1.29, 1.82) is 0 Å². The molecule has 1 aromatic rings. The van der Waals surface area contributed by atoms with Gasteiger partial charge in [0, 0.05) is 17.8 Å². The number of nitrogens with zero attached hydrogens (tertiary/aromatic N) is 1. The van der Waals surface area contributed by atoms with E-state index in [0.29, 0.717) is 18.7 Å². The molecule has 0 heterocycles. The molecular formula is C14H19NO3. The summed E-state index contributed by atoms with van der Waals surface area (Å²) in [4.78, 5) is 24.3. The maximum absolute atomic E-state index is 11.7. The molecule has 0 N–H and O–H groups in total. The van der Waals surface area contributed by atoms with E-state index in [0.717, 1.165) is 12.0 Å². The first kappa shape index (κ1) is 14.2. The molecule has 0 aliphatic rings. The van der Waals surface area contributed by atoms with Crippen LogP contribution < -0.4 is 4.90 Å². The molecule has 1 atom stereocenters. The van der Waals surface area contributed by atoms with Crippen LogP contribution in [0.4, 0.5) is 5.69 Å². The molecule has 18 heavy (non-hydrogen) atoms. The molecule has 0 aromatic heterocycles. The van der Waals surface area contributed by atoms with E-state index >= 15 is 0 Å². The van der Waals surface area contributed by atoms with Gasteiger partial charge in [-0.15, -0.1) is 0 Å². The zero-order valence-electron chi connectivity index (χ0n) is 11.1. The lowest BCUT2D eigenvalue weighted by Crippen LogP contribution is -2.40. The molecule has 1 unspecified atom stereocenters. The van der Waals surface area contributed by atoms with Crippen LogP contribution in [0, 0.1) is 0 Å². The van der Waals surface area contributed by atoms with Crippen LogP contribution in [0.15, 0.2) is 24.3 Å². The number of rotatable bonds is 6. The van der Waals surface area contributed by atoms with Crippen molar-refractivity contribution in [1.82, 2.24) is 0 Å². The van der Waals surface area contributed by atoms with Gasteiger partial charge in [-0.1, -0.05) is 0 Å². The van der Waals surface area contributed by atoms with Crippen LogP contribution in [-0.2, 0) is 9.53 Å². The van der Waals surface area contributed by atoms with E-state index in [1.165, 1.54) is 0 Å². The van der Waals surface area contributed by atoms with Gasteiger partial charge in [0.1, 0.15) is 12.3 Å². The molecular weight excluding hydrogens is 230 g/mol. The third-order valence-electron chi connectivity index (χ3n) is 2.80. The van der Waals surface area contributed by atoms with E-state index < -0.39 is 0 Å². The molecule has 0 bridgehead atoms. The number of esters is 1. The van der Waals surface area contributed by atoms with Crippen LogP contribution in [-0.4, -0.2) is 31.4 Å². The molecule has 0 aliphatic heterocycles. The summed E-state index contributed by atoms with van der Waals surface area (Å²) < 4.78 is 5.02. The Bertz CT molecular complexity index is 400. The fourth-order valence-corrected chi connectivity index (χ4v) is 1.81. The lowest BCUT2D eigenvalue weighted by molar-refractivity contribution is -0.144. The summed E-state index contributed by atoms with van der Waals surface area (Å²) in [5.41, 5.74) is 1.53. The number of hydrogen-bond acceptors (Lipinski definition) is 4. The summed E-state index contributed by atoms with van der Waals surface area (Å²) >= 11 is 0. The van der Waals surface area contributed by atoms with Gasteiger partial charge >= 0.3 is 5.97 Å². The van der Waals surface area contributed by atoms with Gasteiger partial charge in [0.25, 0.3) is 0 Å². The van der Waals surface area contributed by atoms with Crippen LogP contribution >= 0.6 is 0 Å². The second-order valence-electron chi connectivity index (χ2n) is 3.92. The summed E-state index contributed by atoms with van der Waals surface area (Å²) in [5, 5.41) is 0. The van der Waals surface area contributed by atoms with Crippen LogP contribution in [0.5, 0.6) is 0 Å². The normalized spacial score (nSPS) is 11.7. The maximum atomic E-state index is 11.7. The van der Waals surface area contributed by atoms with E-state index in [-0.39, 0.29) is 12.0 Å². The molecule has 0 spiro atoms. The average molecular weight is 249 g/mol. The van der Waals surface area contributed by atoms with Gasteiger partial charge in [-0.05, 0) is 45.0 Å². The Kier molecular flexibility index (Phi) is 5.36. The first-order chi connectivity index (χ1) is 8.63. The number of anilines is 1. The first-order valence-electron chi connectivity index (χ1n) is 6.12. The summed E-state index contributed by atoms with van der Waals surface area (Å²) in [6, 6.07) is 6.81. The predicted molar refractivity (Wildman–Crippen MR) is 70.9 cm³/mol. The highest BCUT2D eigenvalue weighted by Gasteiger charge is 2.21. The standard InChI is InChI=1S/C14H19NO3/c1-4-15(11(3)14(17)18-5-2)13-8-6-12(10-16)7-9-13/h6-11H,4-5H2,1-3H3. The minimum Gasteiger partial charge on any atom is -0.464 e. The number of likely N-dealkylation sites (N-methyl/N-ethyl adjacent to an activating group) is 1. The highest BCUT2D eigenvalue weighted by atomic mass is 16.5. The monoisotopic (exact) mass is 249 g/mol. The fourth-order valence-electron chi connectivity index (χ4n) is 1.81. The highest BCUT2D eigenvalue weighted by molar-refractivity contribution is 5.80. The zero-order valence-corrected chi connectivity index (χ0v) is 11.1. The summed E-state index contributed by atoms with van der Waals surface area (Å²) in [6.45, 7) is 6.66. The summed E-state index contributed by atoms with van der Waals surface area (Å²) in [5.74, 6) is -0.237. The van der Waals surface area contributed by atoms with Crippen molar-refractivity contribution in [2.24, 2.45) is 0 Å². The molecule has 0 saturated carbocycles. The quantitative estimate of drug-likeness (QED) is 0.573. The van der Waals surface area contributed by atoms with Crippen molar-refractivity contribution < 1.29 is 14.3 Å². The predicted octanol–water partition coefficient (Wildman–Crippen LogP) is 2.28. The first-order valence-corrected chi connectivity index (χ1v) is 6.12. The molecule has 0 fully saturated rings. The second-order valence-corrected chi connectivity index (χ2v) is 3.92. The van der Waals surface area contributed by atoms with Crippen LogP contribution in [0.25, 0.3) is 0 Å². The molecule has 4 nitrogen and oxygen atoms in total. The summed E-state index contributed by atoms with van der Waals surface area (Å²) in [7, 11) is 0. The largest absolute Gasteiger partial charge is 0.464 e. The Labute approximate surface area is 108 Å². The van der Waals surface area contributed by atoms with Crippen LogP contribution in [0.1, 0.15) is 31.1 Å². The average Bonchev–Trinajstić information content (AvgIpc) is 2.40. The molecule has 0 aliphatic carbocycles. The molecule has 0 radical (unpaired) electrons. The van der Waals surface area contributed by atoms with Gasteiger partial charge in [0.2, 0.25) is 0 Å². The molecule has 1 rings (SSSR count). The third-order valence-corrected chi connectivity index (χ3v) is 2.80. The smallest absolute Gasteiger partial charge is 0.328 e. The number of carbonyl (C=O) groups is 2. The Morgan fingerprint density at radius 3 is 2.39 bits per heavy atom. The van der Waals surface area contributed by atoms with E-state index in [4.69, 9.17) is 4.74 Å². The maximum Gasteiger partial charge on any atom is 0.328 e. The number of ether oxygens (including phenoxy) is 1. The SMILES string of the molecule is CCOC(=O)C(C)N(CC)c1ccc(C=O)cc1. The van der Waals surface area contributed by atoms with Crippen molar-refractivity contribution in [3.8, 4) is 0 Å². The Morgan fingerprint density at radius 1 is 1.33 bits per heavy atom. The van der Waals surface area contributed by atoms with E-state index in [9.17, 15) is 9.59 Å². The van der Waals surface area contributed by atoms with Gasteiger partial charge in [0.15, 0.2) is 0 Å². The van der Waals surface area contributed by atoms with Gasteiger partial charge in [0.05, 0.1) is 6.61 Å². The lowest BCUT2D eigenvalue weighted by Gasteiger charge is -2.28. The van der Waals surface area contributed by atoms with Crippen LogP contribution in [0.3, 0.4) is 0 Å². The lowest BCUT2D eigenvalue weighted by atomic mass is 10.2. The zero-order chi connectivity index (χ0) is 13.5. The van der Waals surface area contributed by atoms with Gasteiger partial charge in [-0.3, -0.25) is 4.79 Å². The number of benzene rings is 1. The van der Waals surface area contributed by atoms with Crippen molar-refractivity contribution in [3.63, 3.8) is 0 Å². The highest BCUT2D eigenvalue weighted by Crippen LogP contribution is 2.18. The fraction of sp³-hybridized carbons (Fsp3) is 0.429. The van der Waals surface area contributed by atoms with Gasteiger partial charge < -0.3 is 9.64 Å². The van der Waals surface area contributed by atoms with Gasteiger partial charge in [-0.25, -0.2) is 4.79 Å².